The summed E-state index contributed by atoms with van der Waals surface area (Å²) < 4.78 is 19.1. The lowest BCUT2D eigenvalue weighted by Crippen LogP contribution is -2.06. The molecule has 0 aliphatic carbocycles. The predicted octanol–water partition coefficient (Wildman–Crippen LogP) is 5.48. The Hall–Kier alpha value is -4.06. The van der Waals surface area contributed by atoms with Crippen LogP contribution in [0, 0.1) is 6.92 Å². The van der Waals surface area contributed by atoms with Crippen LogP contribution < -0.4 is 14.2 Å². The minimum Gasteiger partial charge on any atom is -0.497 e. The molecule has 5 aromatic rings. The summed E-state index contributed by atoms with van der Waals surface area (Å²) in [6, 6.07) is 23.8. The first-order valence-electron chi connectivity index (χ1n) is 10.4. The van der Waals surface area contributed by atoms with E-state index >= 15 is 0 Å². The van der Waals surface area contributed by atoms with Crippen LogP contribution >= 0.6 is 0 Å². The van der Waals surface area contributed by atoms with Gasteiger partial charge < -0.3 is 14.2 Å². The number of fused-ring (bicyclic) bond motifs is 2. The molecule has 0 amide bonds. The van der Waals surface area contributed by atoms with Gasteiger partial charge in [0.2, 0.25) is 0 Å². The van der Waals surface area contributed by atoms with E-state index in [0.717, 1.165) is 56.4 Å². The second kappa shape index (κ2) is 8.23. The van der Waals surface area contributed by atoms with E-state index in [1.165, 1.54) is 0 Å². The van der Waals surface area contributed by atoms with Crippen LogP contribution in [0.25, 0.3) is 27.6 Å². The van der Waals surface area contributed by atoms with Crippen LogP contribution in [0.15, 0.2) is 72.8 Å². The SMILES string of the molecule is COc1ccc(-n2c(COc3cc(C)nc4cc(OC)ccc34)nc3ccccc32)cc1. The summed E-state index contributed by atoms with van der Waals surface area (Å²) in [6.07, 6.45) is 0. The second-order valence-corrected chi connectivity index (χ2v) is 7.48. The van der Waals surface area contributed by atoms with Gasteiger partial charge in [-0.2, -0.15) is 0 Å². The zero-order valence-corrected chi connectivity index (χ0v) is 18.2. The third-order valence-electron chi connectivity index (χ3n) is 5.42. The summed E-state index contributed by atoms with van der Waals surface area (Å²) in [5, 5.41) is 0.934. The fraction of sp³-hybridized carbons (Fsp3) is 0.154. The molecular weight excluding hydrogens is 402 g/mol. The fourth-order valence-electron chi connectivity index (χ4n) is 3.88. The molecule has 0 bridgehead atoms. The van der Waals surface area contributed by atoms with Gasteiger partial charge in [-0.05, 0) is 55.5 Å². The van der Waals surface area contributed by atoms with Crippen LogP contribution in [0.2, 0.25) is 0 Å². The Bertz CT molecular complexity index is 1410. The molecule has 6 nitrogen and oxygen atoms in total. The molecule has 2 aromatic heterocycles. The van der Waals surface area contributed by atoms with Crippen LogP contribution in [-0.4, -0.2) is 28.8 Å². The molecule has 5 rings (SSSR count). The van der Waals surface area contributed by atoms with Crippen LogP contribution in [0.5, 0.6) is 17.2 Å². The largest absolute Gasteiger partial charge is 0.497 e. The van der Waals surface area contributed by atoms with Gasteiger partial charge in [-0.1, -0.05) is 12.1 Å². The highest BCUT2D eigenvalue weighted by molar-refractivity contribution is 5.86. The highest BCUT2D eigenvalue weighted by Crippen LogP contribution is 2.30. The van der Waals surface area contributed by atoms with Crippen LogP contribution in [0.3, 0.4) is 0 Å². The van der Waals surface area contributed by atoms with E-state index in [1.807, 2.05) is 73.7 Å². The molecule has 0 saturated carbocycles. The number of nitrogens with zero attached hydrogens (tertiary/aromatic N) is 3. The summed E-state index contributed by atoms with van der Waals surface area (Å²) in [7, 11) is 3.32. The van der Waals surface area contributed by atoms with Crippen molar-refractivity contribution >= 4 is 21.9 Å². The standard InChI is InChI=1S/C26H23N3O3/c1-17-14-25(21-13-12-20(31-3)15-23(21)27-17)32-16-26-28-22-6-4-5-7-24(22)29(26)18-8-10-19(30-2)11-9-18/h4-15H,16H2,1-3H3. The van der Waals surface area contributed by atoms with Crippen molar-refractivity contribution in [2.24, 2.45) is 0 Å². The molecule has 0 saturated heterocycles. The molecule has 160 valence electrons. The fourth-order valence-corrected chi connectivity index (χ4v) is 3.88. The molecule has 6 heteroatoms. The number of para-hydroxylation sites is 2. The summed E-state index contributed by atoms with van der Waals surface area (Å²) >= 11 is 0. The van der Waals surface area contributed by atoms with Gasteiger partial charge in [0, 0.05) is 28.9 Å². The highest BCUT2D eigenvalue weighted by Gasteiger charge is 2.14. The number of hydrogen-bond donors (Lipinski definition) is 0. The Morgan fingerprint density at radius 1 is 0.781 bits per heavy atom. The Morgan fingerprint density at radius 2 is 1.53 bits per heavy atom. The number of aromatic nitrogens is 3. The van der Waals surface area contributed by atoms with E-state index in [4.69, 9.17) is 19.2 Å². The molecular formula is C26H23N3O3. The minimum absolute atomic E-state index is 0.311. The van der Waals surface area contributed by atoms with Gasteiger partial charge in [-0.15, -0.1) is 0 Å². The van der Waals surface area contributed by atoms with Gasteiger partial charge in [-0.25, -0.2) is 4.98 Å². The van der Waals surface area contributed by atoms with E-state index in [-0.39, 0.29) is 0 Å². The van der Waals surface area contributed by atoms with Crippen LogP contribution in [0.1, 0.15) is 11.5 Å². The molecule has 0 unspecified atom stereocenters. The second-order valence-electron chi connectivity index (χ2n) is 7.48. The smallest absolute Gasteiger partial charge is 0.152 e. The van der Waals surface area contributed by atoms with E-state index in [9.17, 15) is 0 Å². The molecule has 0 atom stereocenters. The number of rotatable bonds is 6. The Morgan fingerprint density at radius 3 is 2.31 bits per heavy atom. The maximum Gasteiger partial charge on any atom is 0.152 e. The number of hydrogen-bond acceptors (Lipinski definition) is 5. The number of imidazole rings is 1. The number of pyridine rings is 1. The third kappa shape index (κ3) is 3.60. The van der Waals surface area contributed by atoms with Crippen molar-refractivity contribution in [3.8, 4) is 22.9 Å². The lowest BCUT2D eigenvalue weighted by Gasteiger charge is -2.13. The van der Waals surface area contributed by atoms with Gasteiger partial charge in [0.05, 0.1) is 30.8 Å². The maximum atomic E-state index is 6.31. The number of ether oxygens (including phenoxy) is 3. The number of benzene rings is 3. The molecule has 0 spiro atoms. The quantitative estimate of drug-likeness (QED) is 0.361. The van der Waals surface area contributed by atoms with Crippen molar-refractivity contribution in [3.63, 3.8) is 0 Å². The minimum atomic E-state index is 0.311. The monoisotopic (exact) mass is 425 g/mol. The van der Waals surface area contributed by atoms with Crippen molar-refractivity contribution in [2.45, 2.75) is 13.5 Å². The Balaban J connectivity index is 1.55. The van der Waals surface area contributed by atoms with Crippen molar-refractivity contribution in [3.05, 3.63) is 84.3 Å². The Labute approximate surface area is 186 Å². The van der Waals surface area contributed by atoms with E-state index in [2.05, 4.69) is 15.6 Å². The van der Waals surface area contributed by atoms with Crippen molar-refractivity contribution in [1.82, 2.24) is 14.5 Å². The van der Waals surface area contributed by atoms with Gasteiger partial charge in [0.25, 0.3) is 0 Å². The summed E-state index contributed by atoms with van der Waals surface area (Å²) in [5.74, 6) is 3.16. The van der Waals surface area contributed by atoms with E-state index in [0.29, 0.717) is 6.61 Å². The van der Waals surface area contributed by atoms with Gasteiger partial charge >= 0.3 is 0 Å². The first kappa shape index (κ1) is 19.9. The summed E-state index contributed by atoms with van der Waals surface area (Å²) in [5.41, 5.74) is 4.66. The molecule has 2 heterocycles. The van der Waals surface area contributed by atoms with Gasteiger partial charge in [0.1, 0.15) is 23.9 Å². The normalized spacial score (nSPS) is 11.1. The van der Waals surface area contributed by atoms with Crippen molar-refractivity contribution in [2.75, 3.05) is 14.2 Å². The van der Waals surface area contributed by atoms with Crippen molar-refractivity contribution in [1.29, 1.82) is 0 Å². The topological polar surface area (TPSA) is 58.4 Å². The molecule has 0 radical (unpaired) electrons. The lowest BCUT2D eigenvalue weighted by atomic mass is 10.1. The summed E-state index contributed by atoms with van der Waals surface area (Å²) in [6.45, 7) is 2.27. The number of aryl methyl sites for hydroxylation is 1. The maximum absolute atomic E-state index is 6.31. The lowest BCUT2D eigenvalue weighted by molar-refractivity contribution is 0.298. The average molecular weight is 425 g/mol. The third-order valence-corrected chi connectivity index (χ3v) is 5.42. The molecule has 0 aliphatic heterocycles. The van der Waals surface area contributed by atoms with Crippen LogP contribution in [-0.2, 0) is 6.61 Å². The highest BCUT2D eigenvalue weighted by atomic mass is 16.5. The first-order chi connectivity index (χ1) is 15.7. The van der Waals surface area contributed by atoms with Crippen molar-refractivity contribution < 1.29 is 14.2 Å². The first-order valence-corrected chi connectivity index (χ1v) is 10.4. The zero-order valence-electron chi connectivity index (χ0n) is 18.2. The molecule has 32 heavy (non-hydrogen) atoms. The summed E-state index contributed by atoms with van der Waals surface area (Å²) in [4.78, 5) is 9.47. The molecule has 0 N–H and O–H groups in total. The predicted molar refractivity (Wildman–Crippen MR) is 125 cm³/mol. The zero-order chi connectivity index (χ0) is 22.1. The van der Waals surface area contributed by atoms with Gasteiger partial charge in [-0.3, -0.25) is 9.55 Å². The Kier molecular flexibility index (Phi) is 5.11. The average Bonchev–Trinajstić information content (AvgIpc) is 3.20. The molecule has 0 aliphatic rings. The van der Waals surface area contributed by atoms with E-state index in [1.54, 1.807) is 14.2 Å². The van der Waals surface area contributed by atoms with Gasteiger partial charge in [0.15, 0.2) is 5.82 Å². The van der Waals surface area contributed by atoms with Crippen LogP contribution in [0.4, 0.5) is 0 Å². The number of methoxy groups -OCH3 is 2. The van der Waals surface area contributed by atoms with E-state index < -0.39 is 0 Å². The molecule has 0 fully saturated rings. The molecule has 3 aromatic carbocycles.